The van der Waals surface area contributed by atoms with Gasteiger partial charge in [0.25, 0.3) is 0 Å². The number of hydrogen-bond acceptors (Lipinski definition) is 1. The van der Waals surface area contributed by atoms with Gasteiger partial charge in [-0.15, -0.1) is 0 Å². The van der Waals surface area contributed by atoms with E-state index in [0.29, 0.717) is 18.4 Å². The van der Waals surface area contributed by atoms with Crippen LogP contribution in [-0.4, -0.2) is 16.8 Å². The molecule has 2 heterocycles. The predicted molar refractivity (Wildman–Crippen MR) is 58.5 cm³/mol. The standard InChI is InChI=1S/C13H12F3NO/c1-6-7-4-9(14)10(15)5-8(7)13(16)11-2-3-12(18)17(6)11/h4-6,11,13H,2-3H2,1H3/t6-,11-,13+/m0/s1. The van der Waals surface area contributed by atoms with Crippen molar-refractivity contribution < 1.29 is 18.0 Å². The van der Waals surface area contributed by atoms with Crippen molar-refractivity contribution in [1.29, 1.82) is 0 Å². The van der Waals surface area contributed by atoms with E-state index < -0.39 is 29.9 Å². The van der Waals surface area contributed by atoms with Crippen LogP contribution in [0.15, 0.2) is 12.1 Å². The van der Waals surface area contributed by atoms with Crippen LogP contribution in [0.3, 0.4) is 0 Å². The Balaban J connectivity index is 2.16. The van der Waals surface area contributed by atoms with Gasteiger partial charge in [-0.3, -0.25) is 4.79 Å². The number of benzene rings is 1. The van der Waals surface area contributed by atoms with Crippen molar-refractivity contribution in [3.05, 3.63) is 34.9 Å². The lowest BCUT2D eigenvalue weighted by Crippen LogP contribution is -2.42. The third kappa shape index (κ3) is 1.39. The van der Waals surface area contributed by atoms with Gasteiger partial charge in [0.1, 0.15) is 6.17 Å². The van der Waals surface area contributed by atoms with Crippen molar-refractivity contribution >= 4 is 5.91 Å². The molecule has 2 aliphatic heterocycles. The molecule has 0 N–H and O–H groups in total. The Morgan fingerprint density at radius 1 is 1.22 bits per heavy atom. The van der Waals surface area contributed by atoms with Crippen molar-refractivity contribution in [3.63, 3.8) is 0 Å². The summed E-state index contributed by atoms with van der Waals surface area (Å²) >= 11 is 0. The normalized spacial score (nSPS) is 30.3. The molecule has 0 bridgehead atoms. The summed E-state index contributed by atoms with van der Waals surface area (Å²) in [6.45, 7) is 1.72. The first-order valence-corrected chi connectivity index (χ1v) is 5.94. The van der Waals surface area contributed by atoms with E-state index in [9.17, 15) is 18.0 Å². The summed E-state index contributed by atoms with van der Waals surface area (Å²) in [5, 5.41) is 0. The Hall–Kier alpha value is -1.52. The van der Waals surface area contributed by atoms with Crippen molar-refractivity contribution in [3.8, 4) is 0 Å². The molecule has 1 amide bonds. The second-order valence-electron chi connectivity index (χ2n) is 4.88. The first-order valence-electron chi connectivity index (χ1n) is 5.94. The minimum atomic E-state index is -1.43. The molecule has 0 radical (unpaired) electrons. The molecule has 2 aliphatic rings. The van der Waals surface area contributed by atoms with Gasteiger partial charge in [-0.25, -0.2) is 13.2 Å². The zero-order chi connectivity index (χ0) is 13.0. The summed E-state index contributed by atoms with van der Waals surface area (Å²) in [4.78, 5) is 13.2. The molecule has 1 fully saturated rings. The van der Waals surface area contributed by atoms with E-state index in [1.807, 2.05) is 0 Å². The molecular weight excluding hydrogens is 243 g/mol. The van der Waals surface area contributed by atoms with E-state index in [2.05, 4.69) is 0 Å². The lowest BCUT2D eigenvalue weighted by molar-refractivity contribution is -0.132. The number of carbonyl (C=O) groups is 1. The number of hydrogen-bond donors (Lipinski definition) is 0. The van der Waals surface area contributed by atoms with Crippen molar-refractivity contribution in [1.82, 2.24) is 4.90 Å². The van der Waals surface area contributed by atoms with Crippen LogP contribution in [-0.2, 0) is 4.79 Å². The van der Waals surface area contributed by atoms with Gasteiger partial charge < -0.3 is 4.90 Å². The number of carbonyl (C=O) groups excluding carboxylic acids is 1. The molecule has 0 aromatic heterocycles. The lowest BCUT2D eigenvalue weighted by Gasteiger charge is -2.39. The number of rotatable bonds is 0. The van der Waals surface area contributed by atoms with E-state index in [1.165, 1.54) is 4.90 Å². The molecule has 5 heteroatoms. The Labute approximate surface area is 102 Å². The smallest absolute Gasteiger partial charge is 0.223 e. The summed E-state index contributed by atoms with van der Waals surface area (Å²) in [5.41, 5.74) is 0.547. The molecule has 96 valence electrons. The number of halogens is 3. The first kappa shape index (κ1) is 11.6. The average Bonchev–Trinajstić information content (AvgIpc) is 2.71. The highest BCUT2D eigenvalue weighted by Gasteiger charge is 2.45. The van der Waals surface area contributed by atoms with E-state index in [-0.39, 0.29) is 11.5 Å². The van der Waals surface area contributed by atoms with E-state index in [1.54, 1.807) is 6.92 Å². The van der Waals surface area contributed by atoms with Crippen LogP contribution in [0.1, 0.15) is 43.1 Å². The largest absolute Gasteiger partial charge is 0.330 e. The third-order valence-corrected chi connectivity index (χ3v) is 3.93. The number of nitrogens with zero attached hydrogens (tertiary/aromatic N) is 1. The molecule has 1 saturated heterocycles. The zero-order valence-corrected chi connectivity index (χ0v) is 9.79. The number of amides is 1. The Bertz CT molecular complexity index is 531. The van der Waals surface area contributed by atoms with Crippen LogP contribution in [0.5, 0.6) is 0 Å². The maximum Gasteiger partial charge on any atom is 0.223 e. The minimum Gasteiger partial charge on any atom is -0.330 e. The van der Waals surface area contributed by atoms with Crippen LogP contribution in [0.4, 0.5) is 13.2 Å². The Kier molecular flexibility index (Phi) is 2.40. The fourth-order valence-electron chi connectivity index (χ4n) is 3.05. The molecule has 2 nitrogen and oxygen atoms in total. The van der Waals surface area contributed by atoms with Crippen LogP contribution in [0, 0.1) is 11.6 Å². The topological polar surface area (TPSA) is 20.3 Å². The SMILES string of the molecule is C[C@H]1c2cc(F)c(F)cc2[C@@H](F)[C@@H]2CCC(=O)N12. The van der Waals surface area contributed by atoms with Gasteiger partial charge in [0.15, 0.2) is 11.6 Å². The molecule has 0 unspecified atom stereocenters. The predicted octanol–water partition coefficient (Wildman–Crippen LogP) is 3.04. The van der Waals surface area contributed by atoms with Crippen LogP contribution < -0.4 is 0 Å². The molecule has 0 spiro atoms. The Morgan fingerprint density at radius 2 is 1.83 bits per heavy atom. The minimum absolute atomic E-state index is 0.120. The summed E-state index contributed by atoms with van der Waals surface area (Å²) in [6, 6.07) is 0.988. The fraction of sp³-hybridized carbons (Fsp3) is 0.462. The van der Waals surface area contributed by atoms with Gasteiger partial charge in [0.2, 0.25) is 5.91 Å². The molecular formula is C13H12F3NO. The highest BCUT2D eigenvalue weighted by Crippen LogP contribution is 2.46. The molecule has 1 aromatic carbocycles. The van der Waals surface area contributed by atoms with E-state index in [0.717, 1.165) is 12.1 Å². The maximum atomic E-state index is 14.3. The van der Waals surface area contributed by atoms with Gasteiger partial charge >= 0.3 is 0 Å². The summed E-state index contributed by atoms with van der Waals surface area (Å²) in [5.74, 6) is -2.16. The zero-order valence-electron chi connectivity index (χ0n) is 9.79. The monoisotopic (exact) mass is 255 g/mol. The lowest BCUT2D eigenvalue weighted by atomic mass is 9.88. The van der Waals surface area contributed by atoms with Crippen molar-refractivity contribution in [2.75, 3.05) is 0 Å². The average molecular weight is 255 g/mol. The van der Waals surface area contributed by atoms with E-state index in [4.69, 9.17) is 0 Å². The van der Waals surface area contributed by atoms with Gasteiger partial charge in [-0.2, -0.15) is 0 Å². The second-order valence-corrected chi connectivity index (χ2v) is 4.88. The van der Waals surface area contributed by atoms with Crippen LogP contribution in [0.2, 0.25) is 0 Å². The summed E-state index contributed by atoms with van der Waals surface area (Å²) in [6.07, 6.45) is -0.699. The first-order chi connectivity index (χ1) is 8.50. The maximum absolute atomic E-state index is 14.3. The third-order valence-electron chi connectivity index (χ3n) is 3.93. The summed E-state index contributed by atoms with van der Waals surface area (Å²) < 4.78 is 40.8. The fourth-order valence-corrected chi connectivity index (χ4v) is 3.05. The van der Waals surface area contributed by atoms with Gasteiger partial charge in [-0.05, 0) is 36.6 Å². The number of alkyl halides is 1. The van der Waals surface area contributed by atoms with Crippen molar-refractivity contribution in [2.45, 2.75) is 38.0 Å². The highest BCUT2D eigenvalue weighted by molar-refractivity contribution is 5.80. The molecule has 0 aliphatic carbocycles. The van der Waals surface area contributed by atoms with Crippen molar-refractivity contribution in [2.24, 2.45) is 0 Å². The molecule has 3 atom stereocenters. The number of fused-ring (bicyclic) bond motifs is 2. The Morgan fingerprint density at radius 3 is 2.50 bits per heavy atom. The molecule has 1 aromatic rings. The van der Waals surface area contributed by atoms with Crippen LogP contribution >= 0.6 is 0 Å². The molecule has 3 rings (SSSR count). The quantitative estimate of drug-likeness (QED) is 0.697. The molecule has 18 heavy (non-hydrogen) atoms. The van der Waals surface area contributed by atoms with E-state index >= 15 is 0 Å². The van der Waals surface area contributed by atoms with Gasteiger partial charge in [0.05, 0.1) is 12.1 Å². The summed E-state index contributed by atoms with van der Waals surface area (Å²) in [7, 11) is 0. The van der Waals surface area contributed by atoms with Gasteiger partial charge in [-0.1, -0.05) is 0 Å². The van der Waals surface area contributed by atoms with Crippen LogP contribution in [0.25, 0.3) is 0 Å². The second kappa shape index (κ2) is 3.73. The van der Waals surface area contributed by atoms with Gasteiger partial charge in [0, 0.05) is 6.42 Å². The highest BCUT2D eigenvalue weighted by atomic mass is 19.2. The molecule has 0 saturated carbocycles.